The van der Waals surface area contributed by atoms with E-state index in [1.165, 1.54) is 31.2 Å². The fraction of sp³-hybridized carbons (Fsp3) is 0.300. The van der Waals surface area contributed by atoms with Crippen LogP contribution in [0, 0.1) is 23.4 Å². The summed E-state index contributed by atoms with van der Waals surface area (Å²) in [5.41, 5.74) is 0.177. The Hall–Kier alpha value is -3.62. The summed E-state index contributed by atoms with van der Waals surface area (Å²) in [6.45, 7) is 3.12. The highest BCUT2D eigenvalue weighted by atomic mass is 35.5. The lowest BCUT2D eigenvalue weighted by molar-refractivity contribution is 0.115. The van der Waals surface area contributed by atoms with Gasteiger partial charge in [-0.25, -0.2) is 28.5 Å². The molecule has 0 saturated carbocycles. The maximum Gasteiger partial charge on any atom is 0.228 e. The van der Waals surface area contributed by atoms with Crippen LogP contribution in [-0.2, 0) is 11.3 Å². The quantitative estimate of drug-likeness (QED) is 0.180. The molecule has 2 fully saturated rings. The van der Waals surface area contributed by atoms with Crippen molar-refractivity contribution in [2.24, 2.45) is 5.92 Å². The third kappa shape index (κ3) is 7.02. The third-order valence-corrected chi connectivity index (χ3v) is 8.17. The number of nitrogens with one attached hydrogen (secondary N) is 2. The molecule has 4 aromatic rings. The normalized spacial score (nSPS) is 20.7. The highest BCUT2D eigenvalue weighted by Gasteiger charge is 2.31. The Morgan fingerprint density at radius 3 is 2.61 bits per heavy atom. The number of nitrogens with zero attached hydrogens (tertiary/aromatic N) is 4. The minimum Gasteiger partial charge on any atom is -0.760 e. The van der Waals surface area contributed by atoms with E-state index in [0.717, 1.165) is 26.1 Å². The number of hydrogen-bond donors (Lipinski definition) is 2. The Kier molecular flexibility index (Phi) is 10.1. The predicted octanol–water partition coefficient (Wildman–Crippen LogP) is 5.54. The molecule has 2 aromatic carbocycles. The summed E-state index contributed by atoms with van der Waals surface area (Å²) in [5, 5.41) is 3.42. The average Bonchev–Trinajstić information content (AvgIpc) is 3.00. The van der Waals surface area contributed by atoms with Gasteiger partial charge in [0, 0.05) is 54.4 Å². The van der Waals surface area contributed by atoms with E-state index in [9.17, 15) is 8.76 Å². The summed E-state index contributed by atoms with van der Waals surface area (Å²) in [7, 11) is 0. The number of rotatable bonds is 9. The minimum absolute atomic E-state index is 0. The molecule has 2 aromatic heterocycles. The van der Waals surface area contributed by atoms with E-state index in [1.54, 1.807) is 42.6 Å². The molecule has 0 spiro atoms. The molecule has 2 bridgehead atoms. The van der Waals surface area contributed by atoms with Crippen molar-refractivity contribution in [2.45, 2.75) is 31.3 Å². The van der Waals surface area contributed by atoms with Gasteiger partial charge in [-0.2, -0.15) is 4.39 Å². The van der Waals surface area contributed by atoms with Crippen molar-refractivity contribution < 1.29 is 26.7 Å². The summed E-state index contributed by atoms with van der Waals surface area (Å²) >= 11 is -2.90. The van der Waals surface area contributed by atoms with Crippen LogP contribution < -0.4 is 14.8 Å². The first kappa shape index (κ1) is 31.8. The molecular formula is C30H29ClF3N6O3S-. The van der Waals surface area contributed by atoms with E-state index in [4.69, 9.17) is 4.74 Å². The molecule has 44 heavy (non-hydrogen) atoms. The molecule has 0 amide bonds. The van der Waals surface area contributed by atoms with Crippen molar-refractivity contribution in [2.75, 3.05) is 25.0 Å². The van der Waals surface area contributed by atoms with Crippen LogP contribution in [-0.4, -0.2) is 54.3 Å². The maximum atomic E-state index is 15.4. The third-order valence-electron chi connectivity index (χ3n) is 7.74. The van der Waals surface area contributed by atoms with Crippen LogP contribution in [0.5, 0.6) is 11.6 Å². The number of aromatic nitrogens is 3. The molecule has 14 heteroatoms. The van der Waals surface area contributed by atoms with E-state index in [-0.39, 0.29) is 29.9 Å². The summed E-state index contributed by atoms with van der Waals surface area (Å²) in [5.74, 6) is -4.14. The Morgan fingerprint density at radius 1 is 1.02 bits per heavy atom. The van der Waals surface area contributed by atoms with Gasteiger partial charge in [-0.15, -0.1) is 12.4 Å². The zero-order valence-corrected chi connectivity index (χ0v) is 24.9. The van der Waals surface area contributed by atoms with Gasteiger partial charge in [0.25, 0.3) is 0 Å². The molecular weight excluding hydrogens is 617 g/mol. The minimum atomic E-state index is -2.90. The first-order valence-corrected chi connectivity index (χ1v) is 15.0. The largest absolute Gasteiger partial charge is 0.760 e. The zero-order valence-electron chi connectivity index (χ0n) is 23.3. The fourth-order valence-electron chi connectivity index (χ4n) is 5.90. The predicted molar refractivity (Wildman–Crippen MR) is 160 cm³/mol. The van der Waals surface area contributed by atoms with Crippen LogP contribution in [0.3, 0.4) is 0 Å². The van der Waals surface area contributed by atoms with Crippen LogP contribution in [0.4, 0.5) is 19.1 Å². The second-order valence-electron chi connectivity index (χ2n) is 10.7. The average molecular weight is 646 g/mol. The number of fused-ring (bicyclic) bond motifs is 2. The monoisotopic (exact) mass is 645 g/mol. The van der Waals surface area contributed by atoms with Crippen LogP contribution in [0.15, 0.2) is 67.0 Å². The van der Waals surface area contributed by atoms with Gasteiger partial charge in [-0.3, -0.25) is 4.21 Å². The van der Waals surface area contributed by atoms with E-state index in [2.05, 4.69) is 29.9 Å². The van der Waals surface area contributed by atoms with E-state index < -0.39 is 46.1 Å². The Bertz CT molecular complexity index is 1630. The lowest BCUT2D eigenvalue weighted by atomic mass is 9.87. The number of ether oxygens (including phenoxy) is 1. The van der Waals surface area contributed by atoms with Gasteiger partial charge >= 0.3 is 0 Å². The first-order chi connectivity index (χ1) is 20.9. The number of halogens is 4. The lowest BCUT2D eigenvalue weighted by Gasteiger charge is -2.41. The summed E-state index contributed by atoms with van der Waals surface area (Å²) in [6, 6.07) is 12.0. The molecule has 0 aliphatic carbocycles. The van der Waals surface area contributed by atoms with Crippen molar-refractivity contribution >= 4 is 29.6 Å². The van der Waals surface area contributed by atoms with Gasteiger partial charge in [0.1, 0.15) is 5.82 Å². The molecule has 9 nitrogen and oxygen atoms in total. The smallest absolute Gasteiger partial charge is 0.228 e. The molecule has 2 aliphatic rings. The molecule has 6 rings (SSSR count). The number of benzene rings is 2. The van der Waals surface area contributed by atoms with Gasteiger partial charge in [0.2, 0.25) is 17.6 Å². The van der Waals surface area contributed by atoms with Crippen LogP contribution in [0.25, 0.3) is 11.3 Å². The number of piperidine rings is 2. The Balaban J connectivity index is 0.00000384. The van der Waals surface area contributed by atoms with Crippen molar-refractivity contribution in [3.63, 3.8) is 0 Å². The van der Waals surface area contributed by atoms with Crippen molar-refractivity contribution in [3.8, 4) is 22.9 Å². The maximum absolute atomic E-state index is 15.4. The van der Waals surface area contributed by atoms with Gasteiger partial charge in [0.15, 0.2) is 11.6 Å². The van der Waals surface area contributed by atoms with Crippen molar-refractivity contribution in [3.05, 3.63) is 95.6 Å². The zero-order chi connectivity index (χ0) is 29.9. The topological polar surface area (TPSA) is 115 Å². The molecule has 5 atom stereocenters. The van der Waals surface area contributed by atoms with Gasteiger partial charge in [-0.05, 0) is 55.5 Å². The number of anilines is 1. The van der Waals surface area contributed by atoms with E-state index >= 15 is 13.2 Å². The van der Waals surface area contributed by atoms with Gasteiger partial charge < -0.3 is 19.5 Å². The summed E-state index contributed by atoms with van der Waals surface area (Å²) in [6.07, 6.45) is 6.44. The number of hydrogen-bond acceptors (Lipinski definition) is 8. The van der Waals surface area contributed by atoms with E-state index in [0.29, 0.717) is 29.2 Å². The van der Waals surface area contributed by atoms with Gasteiger partial charge in [-0.1, -0.05) is 30.3 Å². The summed E-state index contributed by atoms with van der Waals surface area (Å²) < 4.78 is 76.7. The molecule has 5 unspecified atom stereocenters. The lowest BCUT2D eigenvalue weighted by Crippen LogP contribution is -2.49. The Morgan fingerprint density at radius 2 is 1.84 bits per heavy atom. The SMILES string of the molecule is Cl.O=S([O-])NC(c1ccccc1)c1c(F)cc(Oc2ncccc2-c2ccnc(NC3CC4CCCN(C4)C3)n2)c(F)c1F. The standard InChI is InChI=1S/C30H29F3N6O3S.ClH/c31-22-15-24(26(32)27(33)25(22)28(38-43(40)41)19-7-2-1-3-8-19)42-29-21(9-4-11-34-29)23-10-12-35-30(37-23)36-20-14-18-6-5-13-39(16-18)17-20;/h1-4,7-12,15,18,20,28,38H,5-6,13-14,16-17H2,(H,40,41)(H,35,36,37);1H/p-1. The molecule has 2 saturated heterocycles. The van der Waals surface area contributed by atoms with Crippen LogP contribution in [0.1, 0.15) is 36.4 Å². The Labute approximate surface area is 261 Å². The molecule has 2 aliphatic heterocycles. The van der Waals surface area contributed by atoms with Crippen LogP contribution in [0.2, 0.25) is 0 Å². The summed E-state index contributed by atoms with van der Waals surface area (Å²) in [4.78, 5) is 15.6. The highest BCUT2D eigenvalue weighted by molar-refractivity contribution is 7.77. The molecule has 232 valence electrons. The van der Waals surface area contributed by atoms with Gasteiger partial charge in [0.05, 0.1) is 17.3 Å². The number of pyridine rings is 1. The van der Waals surface area contributed by atoms with Crippen molar-refractivity contribution in [1.82, 2.24) is 24.6 Å². The fourth-order valence-corrected chi connectivity index (χ4v) is 6.34. The van der Waals surface area contributed by atoms with Crippen molar-refractivity contribution in [1.29, 1.82) is 0 Å². The first-order valence-electron chi connectivity index (χ1n) is 13.9. The highest BCUT2D eigenvalue weighted by Crippen LogP contribution is 2.37. The van der Waals surface area contributed by atoms with E-state index in [1.807, 2.05) is 0 Å². The molecule has 4 heterocycles. The molecule has 0 radical (unpaired) electrons. The second-order valence-corrected chi connectivity index (χ2v) is 11.4. The molecule has 2 N–H and O–H groups in total. The van der Waals surface area contributed by atoms with Crippen LogP contribution >= 0.6 is 12.4 Å². The second kappa shape index (κ2) is 14.0.